The Kier molecular flexibility index (Phi) is 35.6. The third kappa shape index (κ3) is 35.9. The fourth-order valence-corrected chi connectivity index (χ4v) is 5.47. The summed E-state index contributed by atoms with van der Waals surface area (Å²) in [6.45, 7) is 4.33. The summed E-state index contributed by atoms with van der Waals surface area (Å²) >= 11 is 0. The van der Waals surface area contributed by atoms with E-state index in [4.69, 9.17) is 14.2 Å². The first-order chi connectivity index (χ1) is 27.1. The highest BCUT2D eigenvalue weighted by molar-refractivity contribution is 5.70. The van der Waals surface area contributed by atoms with E-state index in [9.17, 15) is 19.5 Å². The van der Waals surface area contributed by atoms with Gasteiger partial charge in [-0.25, -0.2) is 0 Å². The molecule has 0 aromatic carbocycles. The van der Waals surface area contributed by atoms with Crippen LogP contribution >= 0.6 is 0 Å². The van der Waals surface area contributed by atoms with Crippen LogP contribution in [-0.2, 0) is 28.6 Å². The van der Waals surface area contributed by atoms with E-state index in [-0.39, 0.29) is 55.5 Å². The van der Waals surface area contributed by atoms with Crippen LogP contribution < -0.4 is 5.11 Å². The lowest BCUT2D eigenvalue weighted by atomic mass is 10.1. The van der Waals surface area contributed by atoms with Gasteiger partial charge in [-0.1, -0.05) is 130 Å². The number of esters is 2. The quantitative estimate of drug-likeness (QED) is 0.0270. The predicted molar refractivity (Wildman–Crippen MR) is 231 cm³/mol. The molecule has 0 aromatic heterocycles. The lowest BCUT2D eigenvalue weighted by molar-refractivity contribution is -0.889. The van der Waals surface area contributed by atoms with Crippen molar-refractivity contribution in [3.05, 3.63) is 97.2 Å². The number of nitrogens with zero attached hydrogens (tertiary/aromatic N) is 1. The number of carbonyl (C=O) groups is 3. The SMILES string of the molecule is CC/C=C/C/C=C/C/C=C/C/C=C/C/C=C/C/C=C/CCCC(=O)OCC(COCCC(C(=O)[O-])[N+](C)(C)C)OC(=O)CCCCCCC/C=C/C/C=C/CC. The molecule has 2 atom stereocenters. The molecular formula is C48H77NO7. The van der Waals surface area contributed by atoms with Gasteiger partial charge in [-0.05, 0) is 83.5 Å². The van der Waals surface area contributed by atoms with Crippen molar-refractivity contribution in [3.63, 3.8) is 0 Å². The first-order valence-corrected chi connectivity index (χ1v) is 21.3. The number of carboxylic acid groups (broad SMARTS) is 1. The zero-order chi connectivity index (χ0) is 41.4. The molecule has 0 aliphatic carbocycles. The summed E-state index contributed by atoms with van der Waals surface area (Å²) < 4.78 is 17.0. The van der Waals surface area contributed by atoms with E-state index < -0.39 is 18.1 Å². The average molecular weight is 780 g/mol. The van der Waals surface area contributed by atoms with Gasteiger partial charge in [0.2, 0.25) is 0 Å². The number of aliphatic carboxylic acids is 1. The lowest BCUT2D eigenvalue weighted by Crippen LogP contribution is -2.55. The summed E-state index contributed by atoms with van der Waals surface area (Å²) in [4.78, 5) is 36.8. The van der Waals surface area contributed by atoms with Gasteiger partial charge in [0.15, 0.2) is 6.10 Å². The maximum absolute atomic E-state index is 12.7. The van der Waals surface area contributed by atoms with E-state index >= 15 is 0 Å². The number of likely N-dealkylation sites (N-methyl/N-ethyl adjacent to an activating group) is 1. The number of carbonyl (C=O) groups excluding carboxylic acids is 3. The Morgan fingerprint density at radius 2 is 0.964 bits per heavy atom. The van der Waals surface area contributed by atoms with Crippen molar-refractivity contribution in [1.82, 2.24) is 0 Å². The lowest BCUT2D eigenvalue weighted by Gasteiger charge is -2.34. The summed E-state index contributed by atoms with van der Waals surface area (Å²) in [5, 5.41) is 11.6. The van der Waals surface area contributed by atoms with Crippen molar-refractivity contribution in [2.75, 3.05) is 41.0 Å². The molecule has 0 heterocycles. The van der Waals surface area contributed by atoms with Crippen molar-refractivity contribution < 1.29 is 38.2 Å². The van der Waals surface area contributed by atoms with E-state index in [1.165, 1.54) is 0 Å². The highest BCUT2D eigenvalue weighted by Gasteiger charge is 2.25. The van der Waals surface area contributed by atoms with Gasteiger partial charge in [0, 0.05) is 19.3 Å². The number of unbranched alkanes of at least 4 members (excludes halogenated alkanes) is 6. The fraction of sp³-hybridized carbons (Fsp3) is 0.604. The molecular weight excluding hydrogens is 703 g/mol. The molecule has 8 nitrogen and oxygen atoms in total. The van der Waals surface area contributed by atoms with Crippen molar-refractivity contribution >= 4 is 17.9 Å². The van der Waals surface area contributed by atoms with Crippen LogP contribution in [0.2, 0.25) is 0 Å². The van der Waals surface area contributed by atoms with Crippen LogP contribution in [0.1, 0.15) is 136 Å². The molecule has 0 saturated heterocycles. The van der Waals surface area contributed by atoms with Gasteiger partial charge in [-0.15, -0.1) is 0 Å². The topological polar surface area (TPSA) is 102 Å². The van der Waals surface area contributed by atoms with E-state index in [1.807, 2.05) is 0 Å². The van der Waals surface area contributed by atoms with Gasteiger partial charge in [-0.2, -0.15) is 0 Å². The minimum Gasteiger partial charge on any atom is -0.544 e. The Hall–Kier alpha value is -3.75. The Morgan fingerprint density at radius 1 is 0.536 bits per heavy atom. The number of hydrogen-bond acceptors (Lipinski definition) is 7. The van der Waals surface area contributed by atoms with Crippen LogP contribution in [0.4, 0.5) is 0 Å². The van der Waals surface area contributed by atoms with E-state index in [0.717, 1.165) is 96.3 Å². The van der Waals surface area contributed by atoms with Gasteiger partial charge in [-0.3, -0.25) is 9.59 Å². The zero-order valence-corrected chi connectivity index (χ0v) is 35.8. The molecule has 0 fully saturated rings. The number of hydrogen-bond donors (Lipinski definition) is 0. The molecule has 316 valence electrons. The van der Waals surface area contributed by atoms with Gasteiger partial charge in [0.25, 0.3) is 0 Å². The molecule has 0 bridgehead atoms. The smallest absolute Gasteiger partial charge is 0.306 e. The first-order valence-electron chi connectivity index (χ1n) is 21.3. The third-order valence-electron chi connectivity index (χ3n) is 8.72. The van der Waals surface area contributed by atoms with Gasteiger partial charge < -0.3 is 28.6 Å². The fourth-order valence-electron chi connectivity index (χ4n) is 5.47. The van der Waals surface area contributed by atoms with E-state index in [2.05, 4.69) is 111 Å². The number of rotatable bonds is 36. The Labute approximate surface area is 341 Å². The molecule has 0 radical (unpaired) electrons. The van der Waals surface area contributed by atoms with Crippen LogP contribution in [0.5, 0.6) is 0 Å². The second kappa shape index (κ2) is 38.1. The maximum Gasteiger partial charge on any atom is 0.306 e. The summed E-state index contributed by atoms with van der Waals surface area (Å²) in [5.74, 6) is -1.85. The average Bonchev–Trinajstić information content (AvgIpc) is 3.15. The summed E-state index contributed by atoms with van der Waals surface area (Å²) in [6, 6.07) is -0.742. The van der Waals surface area contributed by atoms with Crippen LogP contribution in [0.15, 0.2) is 97.2 Å². The van der Waals surface area contributed by atoms with Crippen LogP contribution in [0.3, 0.4) is 0 Å². The normalized spacial score (nSPS) is 13.9. The molecule has 0 rings (SSSR count). The number of allylic oxidation sites excluding steroid dienone is 16. The highest BCUT2D eigenvalue weighted by atomic mass is 16.6. The molecule has 0 saturated carbocycles. The molecule has 2 unspecified atom stereocenters. The Bertz CT molecular complexity index is 1230. The van der Waals surface area contributed by atoms with E-state index in [1.54, 1.807) is 21.1 Å². The van der Waals surface area contributed by atoms with Gasteiger partial charge >= 0.3 is 11.9 Å². The van der Waals surface area contributed by atoms with Crippen LogP contribution in [-0.4, -0.2) is 75.5 Å². The van der Waals surface area contributed by atoms with Crippen molar-refractivity contribution in [1.29, 1.82) is 0 Å². The Balaban J connectivity index is 4.48. The third-order valence-corrected chi connectivity index (χ3v) is 8.72. The molecule has 0 aromatic rings. The van der Waals surface area contributed by atoms with Crippen LogP contribution in [0.25, 0.3) is 0 Å². The molecule has 0 aliphatic rings. The first kappa shape index (κ1) is 52.2. The molecule has 0 amide bonds. The van der Waals surface area contributed by atoms with Crippen molar-refractivity contribution in [2.24, 2.45) is 0 Å². The number of ether oxygens (including phenoxy) is 3. The van der Waals surface area contributed by atoms with E-state index in [0.29, 0.717) is 6.42 Å². The maximum atomic E-state index is 12.7. The van der Waals surface area contributed by atoms with Crippen molar-refractivity contribution in [3.8, 4) is 0 Å². The second-order valence-corrected chi connectivity index (χ2v) is 14.8. The predicted octanol–water partition coefficient (Wildman–Crippen LogP) is 10.2. The monoisotopic (exact) mass is 780 g/mol. The number of carboxylic acids is 1. The molecule has 56 heavy (non-hydrogen) atoms. The standard InChI is InChI=1S/C48H77NO7/c1-6-8-10-12-14-16-18-20-21-22-23-24-25-26-27-29-30-32-34-36-38-46(50)55-43-44(42-54-41-40-45(48(52)53)49(3,4)5)56-47(51)39-37-35-33-31-28-19-17-15-13-11-9-7-2/h8-11,14-17,20-21,23-24,26-27,30,32,44-45H,6-7,12-13,18-19,22,25,28-29,31,33-43H2,1-5H3/b10-8+,11-9+,16-14+,17-15+,21-20+,24-23+,27-26+,32-30+. The van der Waals surface area contributed by atoms with Crippen molar-refractivity contribution in [2.45, 2.75) is 148 Å². The van der Waals surface area contributed by atoms with Gasteiger partial charge in [0.05, 0.1) is 40.3 Å². The summed E-state index contributed by atoms with van der Waals surface area (Å²) in [6.07, 6.45) is 50.1. The zero-order valence-electron chi connectivity index (χ0n) is 35.8. The number of quaternary nitrogens is 1. The second-order valence-electron chi connectivity index (χ2n) is 14.8. The minimum atomic E-state index is -1.14. The molecule has 0 aliphatic heterocycles. The van der Waals surface area contributed by atoms with Crippen LogP contribution in [0, 0.1) is 0 Å². The largest absolute Gasteiger partial charge is 0.544 e. The Morgan fingerprint density at radius 3 is 1.45 bits per heavy atom. The van der Waals surface area contributed by atoms with Gasteiger partial charge in [0.1, 0.15) is 12.6 Å². The summed E-state index contributed by atoms with van der Waals surface area (Å²) in [7, 11) is 5.37. The minimum absolute atomic E-state index is 0.0101. The molecule has 0 spiro atoms. The summed E-state index contributed by atoms with van der Waals surface area (Å²) in [5.41, 5.74) is 0. The molecule has 8 heteroatoms. The molecule has 0 N–H and O–H groups in total. The highest BCUT2D eigenvalue weighted by Crippen LogP contribution is 2.11.